The van der Waals surface area contributed by atoms with Gasteiger partial charge in [-0.05, 0) is 31.2 Å². The van der Waals surface area contributed by atoms with E-state index >= 15 is 0 Å². The number of ketones is 1. The molecule has 0 spiro atoms. The van der Waals surface area contributed by atoms with Gasteiger partial charge < -0.3 is 14.9 Å². The van der Waals surface area contributed by atoms with Gasteiger partial charge in [0.1, 0.15) is 5.75 Å². The van der Waals surface area contributed by atoms with Crippen molar-refractivity contribution in [1.29, 1.82) is 0 Å². The molecule has 2 aromatic carbocycles. The molecule has 1 aliphatic rings. The molecule has 0 bridgehead atoms. The normalized spacial score (nSPS) is 14.6. The highest BCUT2D eigenvalue weighted by Gasteiger charge is 2.23. The molecule has 0 aromatic heterocycles. The van der Waals surface area contributed by atoms with E-state index in [9.17, 15) is 23.1 Å². The molecule has 1 fully saturated rings. The average Bonchev–Trinajstić information content (AvgIpc) is 2.74. The molecule has 1 amide bonds. The van der Waals surface area contributed by atoms with E-state index in [0.29, 0.717) is 31.7 Å². The van der Waals surface area contributed by atoms with Crippen molar-refractivity contribution in [3.05, 3.63) is 54.1 Å². The SMILES string of the molecule is CC(=O)c1ccc(S(=O)(=O)NCCC(=O)N2CCN(c3ccccc3O)CC2)cc1. The van der Waals surface area contributed by atoms with Gasteiger partial charge in [-0.1, -0.05) is 24.3 Å². The maximum atomic E-state index is 12.4. The van der Waals surface area contributed by atoms with E-state index in [2.05, 4.69) is 4.72 Å². The highest BCUT2D eigenvalue weighted by Crippen LogP contribution is 2.27. The number of anilines is 1. The third kappa shape index (κ3) is 5.17. The van der Waals surface area contributed by atoms with E-state index in [-0.39, 0.29) is 35.3 Å². The molecule has 0 aliphatic carbocycles. The second-order valence-electron chi connectivity index (χ2n) is 7.08. The van der Waals surface area contributed by atoms with Crippen molar-refractivity contribution in [2.75, 3.05) is 37.6 Å². The molecule has 30 heavy (non-hydrogen) atoms. The number of hydrogen-bond donors (Lipinski definition) is 2. The van der Waals surface area contributed by atoms with Gasteiger partial charge in [-0.2, -0.15) is 0 Å². The first-order valence-electron chi connectivity index (χ1n) is 9.69. The number of phenols is 1. The summed E-state index contributed by atoms with van der Waals surface area (Å²) in [6.07, 6.45) is 0.0569. The molecule has 8 nitrogen and oxygen atoms in total. The van der Waals surface area contributed by atoms with Crippen LogP contribution >= 0.6 is 0 Å². The van der Waals surface area contributed by atoms with Crippen LogP contribution in [0.5, 0.6) is 5.75 Å². The van der Waals surface area contributed by atoms with Gasteiger partial charge in [0, 0.05) is 44.7 Å². The van der Waals surface area contributed by atoms with Gasteiger partial charge in [0.2, 0.25) is 15.9 Å². The Hall–Kier alpha value is -2.91. The third-order valence-corrected chi connectivity index (χ3v) is 6.53. The number of carbonyl (C=O) groups is 2. The van der Waals surface area contributed by atoms with Crippen molar-refractivity contribution in [2.24, 2.45) is 0 Å². The molecule has 2 N–H and O–H groups in total. The van der Waals surface area contributed by atoms with Gasteiger partial charge in [-0.3, -0.25) is 9.59 Å². The maximum absolute atomic E-state index is 12.4. The van der Waals surface area contributed by atoms with E-state index in [0.717, 1.165) is 5.69 Å². The number of rotatable bonds is 7. The molecule has 0 atom stereocenters. The fourth-order valence-corrected chi connectivity index (χ4v) is 4.36. The summed E-state index contributed by atoms with van der Waals surface area (Å²) in [6, 6.07) is 12.8. The molecule has 1 heterocycles. The zero-order valence-electron chi connectivity index (χ0n) is 16.7. The van der Waals surface area contributed by atoms with Crippen molar-refractivity contribution in [3.8, 4) is 5.75 Å². The first-order valence-corrected chi connectivity index (χ1v) is 11.2. The molecule has 9 heteroatoms. The summed E-state index contributed by atoms with van der Waals surface area (Å²) in [4.78, 5) is 27.5. The van der Waals surface area contributed by atoms with Crippen LogP contribution in [0.2, 0.25) is 0 Å². The summed E-state index contributed by atoms with van der Waals surface area (Å²) in [6.45, 7) is 3.61. The number of benzene rings is 2. The van der Waals surface area contributed by atoms with Gasteiger partial charge in [0.25, 0.3) is 0 Å². The number of hydrogen-bond acceptors (Lipinski definition) is 6. The summed E-state index contributed by atoms with van der Waals surface area (Å²) in [7, 11) is -3.75. The quantitative estimate of drug-likeness (QED) is 0.645. The number of nitrogens with one attached hydrogen (secondary N) is 1. The third-order valence-electron chi connectivity index (χ3n) is 5.06. The predicted molar refractivity (Wildman–Crippen MR) is 113 cm³/mol. The number of nitrogens with zero attached hydrogens (tertiary/aromatic N) is 2. The van der Waals surface area contributed by atoms with E-state index in [1.807, 2.05) is 17.0 Å². The van der Waals surface area contributed by atoms with Gasteiger partial charge in [0.15, 0.2) is 5.78 Å². The molecular weight excluding hydrogens is 406 g/mol. The first-order chi connectivity index (χ1) is 14.3. The van der Waals surface area contributed by atoms with E-state index in [1.165, 1.54) is 31.2 Å². The van der Waals surface area contributed by atoms with Crippen molar-refractivity contribution >= 4 is 27.4 Å². The molecule has 0 saturated carbocycles. The number of piperazine rings is 1. The Morgan fingerprint density at radius 2 is 1.63 bits per heavy atom. The summed E-state index contributed by atoms with van der Waals surface area (Å²) in [5, 5.41) is 9.96. The first kappa shape index (κ1) is 21.8. The van der Waals surface area contributed by atoms with Crippen LogP contribution in [-0.4, -0.2) is 62.8 Å². The van der Waals surface area contributed by atoms with Gasteiger partial charge in [-0.15, -0.1) is 0 Å². The molecule has 1 aliphatic heterocycles. The summed E-state index contributed by atoms with van der Waals surface area (Å²) < 4.78 is 27.1. The van der Waals surface area contributed by atoms with Crippen LogP contribution in [0.15, 0.2) is 53.4 Å². The van der Waals surface area contributed by atoms with Crippen molar-refractivity contribution in [1.82, 2.24) is 9.62 Å². The number of aromatic hydroxyl groups is 1. The molecule has 0 unspecified atom stereocenters. The van der Waals surface area contributed by atoms with Gasteiger partial charge in [-0.25, -0.2) is 13.1 Å². The van der Waals surface area contributed by atoms with E-state index in [1.54, 1.807) is 17.0 Å². The number of sulfonamides is 1. The molecule has 0 radical (unpaired) electrons. The number of amides is 1. The second-order valence-corrected chi connectivity index (χ2v) is 8.85. The highest BCUT2D eigenvalue weighted by atomic mass is 32.2. The monoisotopic (exact) mass is 431 g/mol. The number of carbonyl (C=O) groups excluding carboxylic acids is 2. The fraction of sp³-hybridized carbons (Fsp3) is 0.333. The lowest BCUT2D eigenvalue weighted by atomic mass is 10.2. The van der Waals surface area contributed by atoms with E-state index < -0.39 is 10.0 Å². The Balaban J connectivity index is 1.48. The molecule has 3 rings (SSSR count). The lowest BCUT2D eigenvalue weighted by Gasteiger charge is -2.36. The average molecular weight is 432 g/mol. The van der Waals surface area contributed by atoms with Crippen LogP contribution < -0.4 is 9.62 Å². The van der Waals surface area contributed by atoms with Gasteiger partial charge >= 0.3 is 0 Å². The minimum Gasteiger partial charge on any atom is -0.506 e. The topological polar surface area (TPSA) is 107 Å². The largest absolute Gasteiger partial charge is 0.506 e. The molecular formula is C21H25N3O5S. The Morgan fingerprint density at radius 3 is 2.23 bits per heavy atom. The fourth-order valence-electron chi connectivity index (χ4n) is 3.33. The zero-order chi connectivity index (χ0) is 21.7. The van der Waals surface area contributed by atoms with Crippen LogP contribution in [-0.2, 0) is 14.8 Å². The zero-order valence-corrected chi connectivity index (χ0v) is 17.6. The summed E-state index contributed by atoms with van der Waals surface area (Å²) in [5.41, 5.74) is 1.18. The van der Waals surface area contributed by atoms with Gasteiger partial charge in [0.05, 0.1) is 10.6 Å². The Bertz CT molecular complexity index is 1010. The molecule has 2 aromatic rings. The van der Waals surface area contributed by atoms with Crippen molar-refractivity contribution < 1.29 is 23.1 Å². The van der Waals surface area contributed by atoms with Crippen molar-refractivity contribution in [3.63, 3.8) is 0 Å². The standard InChI is InChI=1S/C21H25N3O5S/c1-16(25)17-6-8-18(9-7-17)30(28,29)22-11-10-21(27)24-14-12-23(13-15-24)19-4-2-3-5-20(19)26/h2-9,22,26H,10-15H2,1H3. The Labute approximate surface area is 176 Å². The molecule has 1 saturated heterocycles. The highest BCUT2D eigenvalue weighted by molar-refractivity contribution is 7.89. The Kier molecular flexibility index (Phi) is 6.73. The minimum atomic E-state index is -3.75. The smallest absolute Gasteiger partial charge is 0.240 e. The maximum Gasteiger partial charge on any atom is 0.240 e. The van der Waals surface area contributed by atoms with Crippen LogP contribution in [0.4, 0.5) is 5.69 Å². The summed E-state index contributed by atoms with van der Waals surface area (Å²) >= 11 is 0. The lowest BCUT2D eigenvalue weighted by molar-refractivity contribution is -0.131. The second kappa shape index (κ2) is 9.27. The minimum absolute atomic E-state index is 0.00465. The van der Waals surface area contributed by atoms with Crippen LogP contribution in [0.1, 0.15) is 23.7 Å². The predicted octanol–water partition coefficient (Wildman–Crippen LogP) is 1.61. The van der Waals surface area contributed by atoms with Crippen LogP contribution in [0.25, 0.3) is 0 Å². The lowest BCUT2D eigenvalue weighted by Crippen LogP contribution is -2.49. The van der Waals surface area contributed by atoms with Crippen molar-refractivity contribution in [2.45, 2.75) is 18.2 Å². The number of phenolic OH excluding ortho intramolecular Hbond substituents is 1. The Morgan fingerprint density at radius 1 is 1.00 bits per heavy atom. The van der Waals surface area contributed by atoms with E-state index in [4.69, 9.17) is 0 Å². The van der Waals surface area contributed by atoms with Crippen LogP contribution in [0, 0.1) is 0 Å². The number of para-hydroxylation sites is 2. The van der Waals surface area contributed by atoms with Crippen LogP contribution in [0.3, 0.4) is 0 Å². The summed E-state index contributed by atoms with van der Waals surface area (Å²) in [5.74, 6) is -0.0512. The molecule has 160 valence electrons. The number of Topliss-reactive ketones (excluding diaryl/α,β-unsaturated/α-hetero) is 1.